The zero-order valence-electron chi connectivity index (χ0n) is 10.3. The molecule has 2 N–H and O–H groups in total. The highest BCUT2D eigenvalue weighted by Gasteiger charge is 2.21. The second-order valence-electron chi connectivity index (χ2n) is 4.62. The lowest BCUT2D eigenvalue weighted by Gasteiger charge is -2.18. The molecule has 1 aliphatic rings. The fraction of sp³-hybridized carbons (Fsp3) is 0.385. The summed E-state index contributed by atoms with van der Waals surface area (Å²) in [6.45, 7) is 1.52. The van der Waals surface area contributed by atoms with Crippen LogP contribution in [0.3, 0.4) is 0 Å². The first-order valence-corrected chi connectivity index (χ1v) is 6.99. The summed E-state index contributed by atoms with van der Waals surface area (Å²) >= 11 is 3.41. The zero-order chi connectivity index (χ0) is 13.2. The predicted molar refractivity (Wildman–Crippen MR) is 74.6 cm³/mol. The van der Waals surface area contributed by atoms with Crippen LogP contribution in [0.1, 0.15) is 24.6 Å². The second kappa shape index (κ2) is 5.30. The molecule has 2 heterocycles. The molecular weight excluding hydrogens is 310 g/mol. The Bertz CT molecular complexity index is 559. The third kappa shape index (κ3) is 2.79. The van der Waals surface area contributed by atoms with Crippen LogP contribution in [0.5, 0.6) is 0 Å². The molecule has 1 fully saturated rings. The van der Waals surface area contributed by atoms with Crippen molar-refractivity contribution in [2.45, 2.75) is 18.8 Å². The molecule has 0 amide bonds. The number of hydrogen-bond acceptors (Lipinski definition) is 5. The Balaban J connectivity index is 1.87. The molecule has 19 heavy (non-hydrogen) atoms. The highest BCUT2D eigenvalue weighted by Crippen LogP contribution is 2.29. The average molecular weight is 324 g/mol. The Morgan fingerprint density at radius 2 is 2.00 bits per heavy atom. The fourth-order valence-corrected chi connectivity index (χ4v) is 2.72. The molecule has 0 aliphatic carbocycles. The van der Waals surface area contributed by atoms with E-state index >= 15 is 0 Å². The third-order valence-electron chi connectivity index (χ3n) is 3.20. The molecule has 100 valence electrons. The molecule has 0 spiro atoms. The molecule has 0 atom stereocenters. The molecule has 6 heteroatoms. The number of rotatable bonds is 2. The second-order valence-corrected chi connectivity index (χ2v) is 5.53. The summed E-state index contributed by atoms with van der Waals surface area (Å²) in [6.07, 6.45) is 1.89. The smallest absolute Gasteiger partial charge is 0.258 e. The number of halogens is 1. The number of hydrogen-bond donors (Lipinski definition) is 1. The van der Waals surface area contributed by atoms with Gasteiger partial charge in [-0.25, -0.2) is 0 Å². The summed E-state index contributed by atoms with van der Waals surface area (Å²) in [7, 11) is 0. The predicted octanol–water partition coefficient (Wildman–Crippen LogP) is 2.98. The van der Waals surface area contributed by atoms with Gasteiger partial charge in [0.15, 0.2) is 5.82 Å². The van der Waals surface area contributed by atoms with Gasteiger partial charge in [-0.05, 0) is 31.0 Å². The SMILES string of the molecule is Nc1cc(Br)cc(-c2nc(C3CCOCC3)no2)c1. The van der Waals surface area contributed by atoms with Gasteiger partial charge in [0, 0.05) is 34.9 Å². The molecular formula is C13H14BrN3O2. The van der Waals surface area contributed by atoms with Crippen molar-refractivity contribution in [3.63, 3.8) is 0 Å². The van der Waals surface area contributed by atoms with Crippen LogP contribution in [0, 0.1) is 0 Å². The van der Waals surface area contributed by atoms with E-state index in [1.165, 1.54) is 0 Å². The molecule has 1 aliphatic heterocycles. The lowest BCUT2D eigenvalue weighted by molar-refractivity contribution is 0.0830. The maximum Gasteiger partial charge on any atom is 0.258 e. The average Bonchev–Trinajstić information content (AvgIpc) is 2.88. The lowest BCUT2D eigenvalue weighted by Crippen LogP contribution is -2.15. The van der Waals surface area contributed by atoms with Crippen molar-refractivity contribution in [3.8, 4) is 11.5 Å². The third-order valence-corrected chi connectivity index (χ3v) is 3.65. The highest BCUT2D eigenvalue weighted by atomic mass is 79.9. The summed E-state index contributed by atoms with van der Waals surface area (Å²) in [6, 6.07) is 5.57. The molecule has 0 bridgehead atoms. The summed E-state index contributed by atoms with van der Waals surface area (Å²) in [5, 5.41) is 4.08. The monoisotopic (exact) mass is 323 g/mol. The quantitative estimate of drug-likeness (QED) is 0.860. The maximum atomic E-state index is 5.81. The van der Waals surface area contributed by atoms with Gasteiger partial charge >= 0.3 is 0 Å². The lowest BCUT2D eigenvalue weighted by atomic mass is 10.00. The van der Waals surface area contributed by atoms with Crippen LogP contribution >= 0.6 is 15.9 Å². The largest absolute Gasteiger partial charge is 0.399 e. The number of nitrogens with two attached hydrogens (primary N) is 1. The first-order valence-electron chi connectivity index (χ1n) is 6.20. The molecule has 0 radical (unpaired) electrons. The van der Waals surface area contributed by atoms with Crippen molar-refractivity contribution >= 4 is 21.6 Å². The minimum Gasteiger partial charge on any atom is -0.399 e. The zero-order valence-corrected chi connectivity index (χ0v) is 11.9. The fourth-order valence-electron chi connectivity index (χ4n) is 2.21. The van der Waals surface area contributed by atoms with Gasteiger partial charge in [-0.1, -0.05) is 21.1 Å². The number of anilines is 1. The number of nitrogen functional groups attached to an aromatic ring is 1. The van der Waals surface area contributed by atoms with Gasteiger partial charge in [0.2, 0.25) is 0 Å². The van der Waals surface area contributed by atoms with Crippen LogP contribution in [0.15, 0.2) is 27.2 Å². The van der Waals surface area contributed by atoms with E-state index in [2.05, 4.69) is 26.1 Å². The van der Waals surface area contributed by atoms with Gasteiger partial charge in [0.25, 0.3) is 5.89 Å². The number of ether oxygens (including phenoxy) is 1. The number of aromatic nitrogens is 2. The van der Waals surface area contributed by atoms with Gasteiger partial charge < -0.3 is 15.0 Å². The molecule has 5 nitrogen and oxygen atoms in total. The van der Waals surface area contributed by atoms with E-state index in [4.69, 9.17) is 15.0 Å². The van der Waals surface area contributed by atoms with Crippen molar-refractivity contribution < 1.29 is 9.26 Å². The molecule has 1 aromatic carbocycles. The van der Waals surface area contributed by atoms with Crippen LogP contribution in [0.25, 0.3) is 11.5 Å². The van der Waals surface area contributed by atoms with E-state index in [1.54, 1.807) is 0 Å². The Morgan fingerprint density at radius 1 is 1.21 bits per heavy atom. The van der Waals surface area contributed by atoms with E-state index in [0.717, 1.165) is 41.9 Å². The van der Waals surface area contributed by atoms with Gasteiger partial charge in [-0.15, -0.1) is 0 Å². The van der Waals surface area contributed by atoms with Gasteiger partial charge in [0.05, 0.1) is 0 Å². The van der Waals surface area contributed by atoms with E-state index < -0.39 is 0 Å². The molecule has 2 aromatic rings. The minimum absolute atomic E-state index is 0.329. The van der Waals surface area contributed by atoms with Crippen LogP contribution in [-0.2, 0) is 4.74 Å². The summed E-state index contributed by atoms with van der Waals surface area (Å²) in [4.78, 5) is 4.48. The van der Waals surface area contributed by atoms with E-state index in [0.29, 0.717) is 17.5 Å². The van der Waals surface area contributed by atoms with Crippen LogP contribution in [0.2, 0.25) is 0 Å². The number of nitrogens with zero attached hydrogens (tertiary/aromatic N) is 2. The van der Waals surface area contributed by atoms with Crippen molar-refractivity contribution in [2.24, 2.45) is 0 Å². The van der Waals surface area contributed by atoms with E-state index in [1.807, 2.05) is 18.2 Å². The normalized spacial score (nSPS) is 16.7. The number of benzene rings is 1. The first-order chi connectivity index (χ1) is 9.22. The van der Waals surface area contributed by atoms with Crippen molar-refractivity contribution in [1.82, 2.24) is 10.1 Å². The van der Waals surface area contributed by atoms with Gasteiger partial charge in [-0.3, -0.25) is 0 Å². The van der Waals surface area contributed by atoms with Crippen LogP contribution in [-0.4, -0.2) is 23.4 Å². The van der Waals surface area contributed by atoms with Crippen LogP contribution < -0.4 is 5.73 Å². The standard InChI is InChI=1S/C13H14BrN3O2/c14-10-5-9(6-11(15)7-10)13-16-12(17-19-13)8-1-3-18-4-2-8/h5-8H,1-4,15H2. The molecule has 3 rings (SSSR count). The summed E-state index contributed by atoms with van der Waals surface area (Å²) in [5.74, 6) is 1.60. The molecule has 0 saturated carbocycles. The molecule has 1 saturated heterocycles. The van der Waals surface area contributed by atoms with Crippen molar-refractivity contribution in [3.05, 3.63) is 28.5 Å². The minimum atomic E-state index is 0.329. The Hall–Kier alpha value is -1.40. The topological polar surface area (TPSA) is 74.2 Å². The van der Waals surface area contributed by atoms with E-state index in [9.17, 15) is 0 Å². The van der Waals surface area contributed by atoms with Crippen molar-refractivity contribution in [2.75, 3.05) is 18.9 Å². The van der Waals surface area contributed by atoms with Gasteiger partial charge in [0.1, 0.15) is 0 Å². The summed E-state index contributed by atoms with van der Waals surface area (Å²) < 4.78 is 11.6. The first kappa shape index (κ1) is 12.6. The van der Waals surface area contributed by atoms with Gasteiger partial charge in [-0.2, -0.15) is 4.98 Å². The highest BCUT2D eigenvalue weighted by molar-refractivity contribution is 9.10. The Labute approximate surface area is 119 Å². The van der Waals surface area contributed by atoms with Crippen molar-refractivity contribution in [1.29, 1.82) is 0 Å². The Kier molecular flexibility index (Phi) is 3.52. The van der Waals surface area contributed by atoms with E-state index in [-0.39, 0.29) is 0 Å². The summed E-state index contributed by atoms with van der Waals surface area (Å²) in [5.41, 5.74) is 7.30. The maximum absolute atomic E-state index is 5.81. The molecule has 0 unspecified atom stereocenters. The Morgan fingerprint density at radius 3 is 2.74 bits per heavy atom. The van der Waals surface area contributed by atoms with Crippen LogP contribution in [0.4, 0.5) is 5.69 Å². The molecule has 1 aromatic heterocycles.